The summed E-state index contributed by atoms with van der Waals surface area (Å²) in [6.45, 7) is 5.70. The highest BCUT2D eigenvalue weighted by Gasteiger charge is 2.73. The second-order valence-electron chi connectivity index (χ2n) is 14.6. The molecule has 2 saturated heterocycles. The van der Waals surface area contributed by atoms with Gasteiger partial charge in [-0.3, -0.25) is 19.7 Å². The third kappa shape index (κ3) is 5.11. The molecule has 4 N–H and O–H groups in total. The van der Waals surface area contributed by atoms with Gasteiger partial charge >= 0.3 is 0 Å². The van der Waals surface area contributed by atoms with E-state index in [1.165, 1.54) is 12.3 Å². The van der Waals surface area contributed by atoms with Gasteiger partial charge in [0.1, 0.15) is 5.41 Å². The fourth-order valence-electron chi connectivity index (χ4n) is 8.73. The van der Waals surface area contributed by atoms with Crippen molar-refractivity contribution < 1.29 is 23.5 Å². The number of hydrogen-bond acceptors (Lipinski definition) is 6. The van der Waals surface area contributed by atoms with E-state index in [9.17, 15) is 14.4 Å². The van der Waals surface area contributed by atoms with Crippen molar-refractivity contribution in [3.8, 4) is 0 Å². The summed E-state index contributed by atoms with van der Waals surface area (Å²) in [6, 6.07) is 5.75. The number of hydrogen-bond donors (Lipinski definition) is 4. The van der Waals surface area contributed by atoms with Crippen LogP contribution in [0.1, 0.15) is 82.3 Å². The molecule has 0 bridgehead atoms. The van der Waals surface area contributed by atoms with Crippen LogP contribution < -0.4 is 21.3 Å². The van der Waals surface area contributed by atoms with Gasteiger partial charge in [-0.15, -0.1) is 0 Å². The lowest BCUT2D eigenvalue weighted by molar-refractivity contribution is -0.132. The highest BCUT2D eigenvalue weighted by molar-refractivity contribution is 6.31. The lowest BCUT2D eigenvalue weighted by Gasteiger charge is -2.50. The Morgan fingerprint density at radius 2 is 1.70 bits per heavy atom. The Hall–Kier alpha value is -2.79. The van der Waals surface area contributed by atoms with E-state index in [2.05, 4.69) is 40.1 Å². The molecule has 3 amide bonds. The monoisotopic (exact) mass is 671 g/mol. The highest BCUT2D eigenvalue weighted by atomic mass is 35.5. The summed E-state index contributed by atoms with van der Waals surface area (Å²) in [5.41, 5.74) is -0.730. The third-order valence-corrected chi connectivity index (χ3v) is 11.9. The Kier molecular flexibility index (Phi) is 8.10. The molecule has 12 heteroatoms. The van der Waals surface area contributed by atoms with Crippen LogP contribution in [0, 0.1) is 17.2 Å². The molecule has 7 rings (SSSR count). The Morgan fingerprint density at radius 3 is 2.41 bits per heavy atom. The van der Waals surface area contributed by atoms with Gasteiger partial charge in [-0.1, -0.05) is 43.1 Å². The van der Waals surface area contributed by atoms with Gasteiger partial charge in [0, 0.05) is 59.6 Å². The number of carbonyl (C=O) groups excluding carboxylic acids is 3. The van der Waals surface area contributed by atoms with Crippen LogP contribution in [0.3, 0.4) is 0 Å². The number of ether oxygens (including phenoxy) is 1. The maximum absolute atomic E-state index is 16.1. The van der Waals surface area contributed by atoms with Gasteiger partial charge in [0.15, 0.2) is 11.0 Å². The number of rotatable bonds is 5. The standard InChI is InChI=1S/C34H40Cl2FN5O4/c1-32(2)8-10-33(11-9-32)34(23-4-3-19(35)17-24(23)41-31(34)45)25(22-5-12-38-28(36)26(22)37)27(42-33)30(44)40-21-15-18(16-21)29(43)39-20-6-13-46-14-7-20/h3-5,12,17-18,20-21,25,27,42H,6-11,13-16H2,1-2H3,(H,39,43)(H,40,44)(H,41,45)/t18-,21-,25-,27+,34+/m0/s1. The smallest absolute Gasteiger partial charge is 0.238 e. The summed E-state index contributed by atoms with van der Waals surface area (Å²) in [7, 11) is 0. The average Bonchev–Trinajstić information content (AvgIpc) is 3.46. The number of carbonyl (C=O) groups is 3. The van der Waals surface area contributed by atoms with Crippen LogP contribution in [0.4, 0.5) is 10.1 Å². The SMILES string of the molecule is CC1(C)CCC2(CC1)N[C@@H](C(=O)N[C@H]1C[C@H](C(=O)NC3CCOCC3)C1)[C@H](c1ccnc(Cl)c1F)[C@]21C(=O)Nc2cc(Cl)ccc21. The van der Waals surface area contributed by atoms with Gasteiger partial charge < -0.3 is 20.7 Å². The highest BCUT2D eigenvalue weighted by Crippen LogP contribution is 2.64. The molecular weight excluding hydrogens is 632 g/mol. The molecule has 2 saturated carbocycles. The van der Waals surface area contributed by atoms with Crippen molar-refractivity contribution in [2.24, 2.45) is 11.3 Å². The predicted octanol–water partition coefficient (Wildman–Crippen LogP) is 5.00. The molecule has 46 heavy (non-hydrogen) atoms. The molecule has 2 aromatic rings. The first-order chi connectivity index (χ1) is 21.9. The summed E-state index contributed by atoms with van der Waals surface area (Å²) in [4.78, 5) is 45.8. The zero-order valence-corrected chi connectivity index (χ0v) is 27.6. The molecule has 1 aromatic carbocycles. The first-order valence-electron chi connectivity index (χ1n) is 16.3. The minimum Gasteiger partial charge on any atom is -0.381 e. The van der Waals surface area contributed by atoms with Crippen molar-refractivity contribution in [2.75, 3.05) is 18.5 Å². The summed E-state index contributed by atoms with van der Waals surface area (Å²) >= 11 is 12.6. The number of aromatic nitrogens is 1. The number of benzene rings is 1. The van der Waals surface area contributed by atoms with Crippen LogP contribution in [0.15, 0.2) is 30.5 Å². The first kappa shape index (κ1) is 31.8. The van der Waals surface area contributed by atoms with Crippen molar-refractivity contribution >= 4 is 46.6 Å². The molecule has 0 radical (unpaired) electrons. The molecule has 4 heterocycles. The van der Waals surface area contributed by atoms with Crippen molar-refractivity contribution in [1.82, 2.24) is 20.9 Å². The van der Waals surface area contributed by atoms with Gasteiger partial charge in [-0.2, -0.15) is 0 Å². The first-order valence-corrected chi connectivity index (χ1v) is 17.1. The number of fused-ring (bicyclic) bond motifs is 3. The molecule has 2 spiro atoms. The van der Waals surface area contributed by atoms with E-state index in [1.807, 2.05) is 6.07 Å². The normalized spacial score (nSPS) is 31.3. The quantitative estimate of drug-likeness (QED) is 0.332. The van der Waals surface area contributed by atoms with Crippen LogP contribution >= 0.6 is 23.2 Å². The average molecular weight is 673 g/mol. The molecule has 0 unspecified atom stereocenters. The Morgan fingerprint density at radius 1 is 1.00 bits per heavy atom. The summed E-state index contributed by atoms with van der Waals surface area (Å²) in [6.07, 6.45) is 6.87. The molecule has 5 aliphatic rings. The molecule has 9 nitrogen and oxygen atoms in total. The molecule has 246 valence electrons. The number of halogens is 3. The predicted molar refractivity (Wildman–Crippen MR) is 172 cm³/mol. The Bertz CT molecular complexity index is 1570. The van der Waals surface area contributed by atoms with Crippen LogP contribution in [-0.2, 0) is 24.5 Å². The van der Waals surface area contributed by atoms with Crippen LogP contribution in [-0.4, -0.2) is 59.6 Å². The lowest BCUT2D eigenvalue weighted by atomic mass is 9.53. The van der Waals surface area contributed by atoms with E-state index in [1.54, 1.807) is 12.1 Å². The second kappa shape index (κ2) is 11.7. The molecular formula is C34H40Cl2FN5O4. The van der Waals surface area contributed by atoms with Crippen LogP contribution in [0.5, 0.6) is 0 Å². The number of amides is 3. The molecule has 3 aliphatic heterocycles. The van der Waals surface area contributed by atoms with Crippen molar-refractivity contribution in [3.63, 3.8) is 0 Å². The maximum Gasteiger partial charge on any atom is 0.238 e. The molecule has 4 fully saturated rings. The summed E-state index contributed by atoms with van der Waals surface area (Å²) in [5, 5.41) is 13.1. The number of nitrogens with zero attached hydrogens (tertiary/aromatic N) is 1. The van der Waals surface area contributed by atoms with E-state index >= 15 is 4.39 Å². The summed E-state index contributed by atoms with van der Waals surface area (Å²) in [5.74, 6) is -2.50. The number of anilines is 1. The van der Waals surface area contributed by atoms with E-state index in [4.69, 9.17) is 27.9 Å². The van der Waals surface area contributed by atoms with Crippen molar-refractivity contribution in [1.29, 1.82) is 0 Å². The minimum absolute atomic E-state index is 0.00314. The molecule has 1 aromatic heterocycles. The van der Waals surface area contributed by atoms with Gasteiger partial charge in [-0.25, -0.2) is 9.37 Å². The largest absolute Gasteiger partial charge is 0.381 e. The van der Waals surface area contributed by atoms with Crippen LogP contribution in [0.2, 0.25) is 10.2 Å². The van der Waals surface area contributed by atoms with Crippen molar-refractivity contribution in [3.05, 3.63) is 57.6 Å². The van der Waals surface area contributed by atoms with E-state index in [0.717, 1.165) is 25.7 Å². The molecule has 3 atom stereocenters. The topological polar surface area (TPSA) is 121 Å². The lowest BCUT2D eigenvalue weighted by Crippen LogP contribution is -2.61. The zero-order chi connectivity index (χ0) is 32.4. The van der Waals surface area contributed by atoms with Crippen molar-refractivity contribution in [2.45, 2.75) is 100 Å². The van der Waals surface area contributed by atoms with E-state index in [0.29, 0.717) is 55.2 Å². The second-order valence-corrected chi connectivity index (χ2v) is 15.4. The van der Waals surface area contributed by atoms with Crippen LogP contribution in [0.25, 0.3) is 0 Å². The fourth-order valence-corrected chi connectivity index (χ4v) is 9.07. The summed E-state index contributed by atoms with van der Waals surface area (Å²) < 4.78 is 21.5. The Labute approximate surface area is 278 Å². The third-order valence-electron chi connectivity index (χ3n) is 11.4. The zero-order valence-electron chi connectivity index (χ0n) is 26.1. The fraction of sp³-hybridized carbons (Fsp3) is 0.588. The minimum atomic E-state index is -1.33. The van der Waals surface area contributed by atoms with Gasteiger partial charge in [0.25, 0.3) is 0 Å². The van der Waals surface area contributed by atoms with Gasteiger partial charge in [0.05, 0.1) is 6.04 Å². The Balaban J connectivity index is 1.23. The number of nitrogens with one attached hydrogen (secondary N) is 4. The number of pyridine rings is 1. The maximum atomic E-state index is 16.1. The van der Waals surface area contributed by atoms with E-state index < -0.39 is 28.7 Å². The molecule has 2 aliphatic carbocycles. The van der Waals surface area contributed by atoms with E-state index in [-0.39, 0.29) is 51.9 Å². The van der Waals surface area contributed by atoms with Gasteiger partial charge in [0.2, 0.25) is 17.7 Å². The van der Waals surface area contributed by atoms with Gasteiger partial charge in [-0.05, 0) is 86.1 Å².